The molecule has 0 fully saturated rings. The number of carboxylic acids is 1. The van der Waals surface area contributed by atoms with Gasteiger partial charge in [-0.25, -0.2) is 13.6 Å². The molecule has 0 aliphatic rings. The molecular weight excluding hydrogens is 214 g/mol. The molecule has 1 aromatic rings. The molecule has 0 saturated heterocycles. The van der Waals surface area contributed by atoms with Crippen molar-refractivity contribution in [3.05, 3.63) is 33.6 Å². The van der Waals surface area contributed by atoms with E-state index in [0.29, 0.717) is 0 Å². The van der Waals surface area contributed by atoms with Crippen LogP contribution in [0.25, 0.3) is 0 Å². The third kappa shape index (κ3) is 2.03. The fraction of sp³-hybridized carbons (Fsp3) is 0.143. The average molecular weight is 218 g/mol. The van der Waals surface area contributed by atoms with Crippen LogP contribution >= 0.6 is 0 Å². The van der Waals surface area contributed by atoms with Gasteiger partial charge >= 0.3 is 5.97 Å². The summed E-state index contributed by atoms with van der Waals surface area (Å²) in [7, 11) is 0. The maximum Gasteiger partial charge on any atom is 0.344 e. The Morgan fingerprint density at radius 3 is 2.60 bits per heavy atom. The molecule has 1 rings (SSSR count). The van der Waals surface area contributed by atoms with Gasteiger partial charge in [0.25, 0.3) is 12.1 Å². The molecule has 0 atom stereocenters. The molecule has 80 valence electrons. The summed E-state index contributed by atoms with van der Waals surface area (Å²) in [5.41, 5.74) is -3.07. The molecule has 8 heteroatoms. The highest BCUT2D eigenvalue weighted by Gasteiger charge is 2.28. The largest absolute Gasteiger partial charge is 0.477 e. The highest BCUT2D eigenvalue weighted by atomic mass is 19.3. The van der Waals surface area contributed by atoms with Crippen molar-refractivity contribution >= 4 is 11.7 Å². The molecule has 0 aliphatic carbocycles. The number of carbonyl (C=O) groups is 1. The van der Waals surface area contributed by atoms with Gasteiger partial charge < -0.3 is 5.11 Å². The van der Waals surface area contributed by atoms with Crippen molar-refractivity contribution in [3.63, 3.8) is 0 Å². The lowest BCUT2D eigenvalue weighted by Crippen LogP contribution is -2.09. The molecule has 1 N–H and O–H groups in total. The third-order valence-corrected chi connectivity index (χ3v) is 1.58. The average Bonchev–Trinajstić information content (AvgIpc) is 2.16. The molecule has 6 nitrogen and oxygen atoms in total. The topological polar surface area (TPSA) is 93.3 Å². The molecule has 0 radical (unpaired) electrons. The smallest absolute Gasteiger partial charge is 0.344 e. The predicted octanol–water partition coefficient (Wildman–Crippen LogP) is 1.63. The van der Waals surface area contributed by atoms with Crippen molar-refractivity contribution in [1.29, 1.82) is 0 Å². The predicted molar refractivity (Wildman–Crippen MR) is 42.8 cm³/mol. The van der Waals surface area contributed by atoms with E-state index < -0.39 is 34.3 Å². The van der Waals surface area contributed by atoms with Crippen LogP contribution in [0.2, 0.25) is 0 Å². The SMILES string of the molecule is O=C(O)c1c([N+](=O)[O-])ccnc1C(F)F. The van der Waals surface area contributed by atoms with Crippen molar-refractivity contribution in [2.75, 3.05) is 0 Å². The Balaban J connectivity index is 3.48. The maximum atomic E-state index is 12.3. The van der Waals surface area contributed by atoms with Gasteiger partial charge in [0.15, 0.2) is 5.56 Å². The number of alkyl halides is 2. The fourth-order valence-electron chi connectivity index (χ4n) is 1.00. The number of hydrogen-bond donors (Lipinski definition) is 1. The van der Waals surface area contributed by atoms with Crippen molar-refractivity contribution in [1.82, 2.24) is 4.98 Å². The van der Waals surface area contributed by atoms with E-state index in [9.17, 15) is 23.7 Å². The van der Waals surface area contributed by atoms with E-state index in [-0.39, 0.29) is 0 Å². The Hall–Kier alpha value is -2.12. The Labute approximate surface area is 81.3 Å². The number of aromatic carboxylic acids is 1. The molecule has 15 heavy (non-hydrogen) atoms. The summed E-state index contributed by atoms with van der Waals surface area (Å²) < 4.78 is 24.6. The van der Waals surface area contributed by atoms with Gasteiger partial charge in [0.1, 0.15) is 5.69 Å². The van der Waals surface area contributed by atoms with Crippen LogP contribution in [-0.4, -0.2) is 21.0 Å². The van der Waals surface area contributed by atoms with Gasteiger partial charge in [-0.1, -0.05) is 0 Å². The third-order valence-electron chi connectivity index (χ3n) is 1.58. The molecule has 0 aliphatic heterocycles. The summed E-state index contributed by atoms with van der Waals surface area (Å²) >= 11 is 0. The number of halogens is 2. The van der Waals surface area contributed by atoms with Crippen LogP contribution in [0.15, 0.2) is 12.3 Å². The van der Waals surface area contributed by atoms with E-state index in [0.717, 1.165) is 12.3 Å². The molecule has 0 unspecified atom stereocenters. The summed E-state index contributed by atoms with van der Waals surface area (Å²) in [5, 5.41) is 18.9. The summed E-state index contributed by atoms with van der Waals surface area (Å²) in [6.07, 6.45) is -2.40. The van der Waals surface area contributed by atoms with Crippen molar-refractivity contribution in [3.8, 4) is 0 Å². The Morgan fingerprint density at radius 1 is 1.60 bits per heavy atom. The number of aromatic nitrogens is 1. The molecule has 0 aromatic carbocycles. The van der Waals surface area contributed by atoms with E-state index in [1.807, 2.05) is 0 Å². The number of pyridine rings is 1. The van der Waals surface area contributed by atoms with Gasteiger partial charge in [0.05, 0.1) is 4.92 Å². The summed E-state index contributed by atoms with van der Waals surface area (Å²) in [4.78, 5) is 23.0. The second-order valence-corrected chi connectivity index (χ2v) is 2.45. The maximum absolute atomic E-state index is 12.3. The van der Waals surface area contributed by atoms with Crippen LogP contribution in [0.1, 0.15) is 22.5 Å². The molecule has 0 saturated carbocycles. The minimum absolute atomic E-state index is 0.759. The second kappa shape index (κ2) is 3.95. The molecule has 1 heterocycles. The van der Waals surface area contributed by atoms with E-state index in [2.05, 4.69) is 4.98 Å². The summed E-state index contributed by atoms with van der Waals surface area (Å²) in [6.45, 7) is 0. The van der Waals surface area contributed by atoms with Crippen molar-refractivity contribution < 1.29 is 23.6 Å². The fourth-order valence-corrected chi connectivity index (χ4v) is 1.00. The van der Waals surface area contributed by atoms with Crippen LogP contribution < -0.4 is 0 Å². The number of nitro groups is 1. The van der Waals surface area contributed by atoms with Crippen LogP contribution in [0.5, 0.6) is 0 Å². The van der Waals surface area contributed by atoms with Crippen LogP contribution in [-0.2, 0) is 0 Å². The summed E-state index contributed by atoms with van der Waals surface area (Å²) in [6, 6.07) is 0.759. The van der Waals surface area contributed by atoms with Gasteiger partial charge in [0, 0.05) is 12.3 Å². The lowest BCUT2D eigenvalue weighted by Gasteiger charge is -2.03. The molecule has 1 aromatic heterocycles. The zero-order valence-electron chi connectivity index (χ0n) is 7.05. The van der Waals surface area contributed by atoms with Crippen LogP contribution in [0.4, 0.5) is 14.5 Å². The van der Waals surface area contributed by atoms with Crippen LogP contribution in [0.3, 0.4) is 0 Å². The van der Waals surface area contributed by atoms with Crippen LogP contribution in [0, 0.1) is 10.1 Å². The van der Waals surface area contributed by atoms with Gasteiger partial charge in [-0.3, -0.25) is 15.1 Å². The first-order chi connectivity index (χ1) is 6.95. The molecule has 0 amide bonds. The van der Waals surface area contributed by atoms with E-state index in [1.54, 1.807) is 0 Å². The Morgan fingerprint density at radius 2 is 2.20 bits per heavy atom. The zero-order chi connectivity index (χ0) is 11.6. The standard InChI is InChI=1S/C7H4F2N2O4/c8-6(9)5-4(7(12)13)3(11(14)15)1-2-10-5/h1-2,6H,(H,12,13). The monoisotopic (exact) mass is 218 g/mol. The highest BCUT2D eigenvalue weighted by molar-refractivity contribution is 5.93. The van der Waals surface area contributed by atoms with Crippen molar-refractivity contribution in [2.24, 2.45) is 0 Å². The van der Waals surface area contributed by atoms with E-state index in [1.165, 1.54) is 0 Å². The minimum atomic E-state index is -3.17. The lowest BCUT2D eigenvalue weighted by molar-refractivity contribution is -0.385. The van der Waals surface area contributed by atoms with Gasteiger partial charge in [-0.15, -0.1) is 0 Å². The number of hydrogen-bond acceptors (Lipinski definition) is 4. The van der Waals surface area contributed by atoms with Gasteiger partial charge in [-0.05, 0) is 0 Å². The van der Waals surface area contributed by atoms with E-state index >= 15 is 0 Å². The molecule has 0 spiro atoms. The van der Waals surface area contributed by atoms with E-state index in [4.69, 9.17) is 5.11 Å². The number of carboxylic acid groups (broad SMARTS) is 1. The Kier molecular flexibility index (Phi) is 2.88. The quantitative estimate of drug-likeness (QED) is 0.614. The first-order valence-electron chi connectivity index (χ1n) is 3.60. The normalized spacial score (nSPS) is 10.3. The first kappa shape index (κ1) is 11.0. The van der Waals surface area contributed by atoms with Gasteiger partial charge in [0.2, 0.25) is 0 Å². The molecular formula is C7H4F2N2O4. The lowest BCUT2D eigenvalue weighted by atomic mass is 10.1. The first-order valence-corrected chi connectivity index (χ1v) is 3.60. The minimum Gasteiger partial charge on any atom is -0.477 e. The number of nitrogens with zero attached hydrogens (tertiary/aromatic N) is 2. The Bertz CT molecular complexity index is 421. The second-order valence-electron chi connectivity index (χ2n) is 2.45. The highest BCUT2D eigenvalue weighted by Crippen LogP contribution is 2.27. The zero-order valence-corrected chi connectivity index (χ0v) is 7.05. The van der Waals surface area contributed by atoms with Gasteiger partial charge in [-0.2, -0.15) is 0 Å². The number of rotatable bonds is 3. The van der Waals surface area contributed by atoms with Crippen molar-refractivity contribution in [2.45, 2.75) is 6.43 Å². The molecule has 0 bridgehead atoms. The summed E-state index contributed by atoms with van der Waals surface area (Å²) in [5.74, 6) is -1.80.